The SMILES string of the molecule is CCC(C)C(C)NC1CCC1. The van der Waals surface area contributed by atoms with Crippen LogP contribution in [0.1, 0.15) is 46.5 Å². The van der Waals surface area contributed by atoms with E-state index in [1.54, 1.807) is 0 Å². The van der Waals surface area contributed by atoms with Gasteiger partial charge in [-0.3, -0.25) is 0 Å². The number of hydrogen-bond acceptors (Lipinski definition) is 1. The van der Waals surface area contributed by atoms with Crippen molar-refractivity contribution in [3.8, 4) is 0 Å². The average molecular weight is 155 g/mol. The van der Waals surface area contributed by atoms with E-state index < -0.39 is 0 Å². The highest BCUT2D eigenvalue weighted by atomic mass is 15.0. The van der Waals surface area contributed by atoms with Crippen LogP contribution in [0.3, 0.4) is 0 Å². The molecular formula is C10H21N. The zero-order chi connectivity index (χ0) is 8.27. The maximum Gasteiger partial charge on any atom is 0.00696 e. The smallest absolute Gasteiger partial charge is 0.00696 e. The van der Waals surface area contributed by atoms with Gasteiger partial charge in [-0.25, -0.2) is 0 Å². The van der Waals surface area contributed by atoms with E-state index in [1.165, 1.54) is 25.7 Å². The Bertz CT molecular complexity index is 107. The first-order chi connectivity index (χ1) is 5.24. The van der Waals surface area contributed by atoms with Crippen LogP contribution in [0.25, 0.3) is 0 Å². The number of nitrogens with one attached hydrogen (secondary N) is 1. The second-order valence-electron chi connectivity index (χ2n) is 3.97. The predicted octanol–water partition coefficient (Wildman–Crippen LogP) is 2.56. The molecule has 66 valence electrons. The molecule has 1 N–H and O–H groups in total. The Balaban J connectivity index is 2.13. The summed E-state index contributed by atoms with van der Waals surface area (Å²) >= 11 is 0. The van der Waals surface area contributed by atoms with E-state index in [0.717, 1.165) is 12.0 Å². The standard InChI is InChI=1S/C10H21N/c1-4-8(2)9(3)11-10-6-5-7-10/h8-11H,4-7H2,1-3H3. The van der Waals surface area contributed by atoms with Gasteiger partial charge in [0, 0.05) is 12.1 Å². The lowest BCUT2D eigenvalue weighted by Gasteiger charge is -2.32. The van der Waals surface area contributed by atoms with Gasteiger partial charge < -0.3 is 5.32 Å². The third kappa shape index (κ3) is 2.48. The number of rotatable bonds is 4. The quantitative estimate of drug-likeness (QED) is 0.658. The van der Waals surface area contributed by atoms with E-state index in [4.69, 9.17) is 0 Å². The molecule has 1 saturated carbocycles. The molecule has 1 fully saturated rings. The van der Waals surface area contributed by atoms with Crippen molar-refractivity contribution in [3.05, 3.63) is 0 Å². The van der Waals surface area contributed by atoms with Crippen LogP contribution in [-0.2, 0) is 0 Å². The molecule has 0 aromatic carbocycles. The van der Waals surface area contributed by atoms with Crippen molar-refractivity contribution in [2.45, 2.75) is 58.5 Å². The summed E-state index contributed by atoms with van der Waals surface area (Å²) in [4.78, 5) is 0. The van der Waals surface area contributed by atoms with Gasteiger partial charge in [0.1, 0.15) is 0 Å². The minimum Gasteiger partial charge on any atom is -0.311 e. The zero-order valence-electron chi connectivity index (χ0n) is 8.06. The third-order valence-corrected chi connectivity index (χ3v) is 3.10. The Morgan fingerprint density at radius 3 is 2.36 bits per heavy atom. The van der Waals surface area contributed by atoms with Gasteiger partial charge in [-0.15, -0.1) is 0 Å². The van der Waals surface area contributed by atoms with Crippen LogP contribution < -0.4 is 5.32 Å². The first-order valence-corrected chi connectivity index (χ1v) is 5.00. The topological polar surface area (TPSA) is 12.0 Å². The summed E-state index contributed by atoms with van der Waals surface area (Å²) in [7, 11) is 0. The molecule has 0 saturated heterocycles. The fourth-order valence-corrected chi connectivity index (χ4v) is 1.46. The summed E-state index contributed by atoms with van der Waals surface area (Å²) in [6.07, 6.45) is 5.54. The fourth-order valence-electron chi connectivity index (χ4n) is 1.46. The first kappa shape index (κ1) is 9.05. The lowest BCUT2D eigenvalue weighted by atomic mass is 9.90. The Labute approximate surface area is 70.6 Å². The molecule has 1 aliphatic rings. The van der Waals surface area contributed by atoms with Crippen LogP contribution in [0.2, 0.25) is 0 Å². The Morgan fingerprint density at radius 1 is 1.36 bits per heavy atom. The van der Waals surface area contributed by atoms with E-state index in [-0.39, 0.29) is 0 Å². The molecule has 0 radical (unpaired) electrons. The van der Waals surface area contributed by atoms with Crippen LogP contribution in [-0.4, -0.2) is 12.1 Å². The van der Waals surface area contributed by atoms with Crippen molar-refractivity contribution in [1.82, 2.24) is 5.32 Å². The van der Waals surface area contributed by atoms with Gasteiger partial charge in [0.15, 0.2) is 0 Å². The Kier molecular flexibility index (Phi) is 3.38. The molecule has 0 heterocycles. The Hall–Kier alpha value is -0.0400. The van der Waals surface area contributed by atoms with Crippen LogP contribution in [0.15, 0.2) is 0 Å². The van der Waals surface area contributed by atoms with E-state index in [1.807, 2.05) is 0 Å². The lowest BCUT2D eigenvalue weighted by molar-refractivity contribution is 0.271. The minimum absolute atomic E-state index is 0.713. The summed E-state index contributed by atoms with van der Waals surface area (Å²) in [5, 5.41) is 3.67. The largest absolute Gasteiger partial charge is 0.311 e. The average Bonchev–Trinajstić information content (AvgIpc) is 1.94. The van der Waals surface area contributed by atoms with Gasteiger partial charge in [-0.2, -0.15) is 0 Å². The van der Waals surface area contributed by atoms with Crippen molar-refractivity contribution >= 4 is 0 Å². The maximum absolute atomic E-state index is 3.67. The van der Waals surface area contributed by atoms with Crippen LogP contribution in [0.4, 0.5) is 0 Å². The van der Waals surface area contributed by atoms with Gasteiger partial charge in [0.25, 0.3) is 0 Å². The molecule has 11 heavy (non-hydrogen) atoms. The molecular weight excluding hydrogens is 134 g/mol. The summed E-state index contributed by atoms with van der Waals surface area (Å²) in [6.45, 7) is 6.91. The van der Waals surface area contributed by atoms with E-state index in [2.05, 4.69) is 26.1 Å². The van der Waals surface area contributed by atoms with Crippen molar-refractivity contribution in [2.75, 3.05) is 0 Å². The van der Waals surface area contributed by atoms with E-state index >= 15 is 0 Å². The molecule has 1 nitrogen and oxygen atoms in total. The van der Waals surface area contributed by atoms with Crippen LogP contribution in [0, 0.1) is 5.92 Å². The molecule has 0 spiro atoms. The second-order valence-corrected chi connectivity index (χ2v) is 3.97. The molecule has 0 aliphatic heterocycles. The highest BCUT2D eigenvalue weighted by Crippen LogP contribution is 2.20. The third-order valence-electron chi connectivity index (χ3n) is 3.10. The summed E-state index contributed by atoms with van der Waals surface area (Å²) in [6, 6.07) is 1.56. The van der Waals surface area contributed by atoms with E-state index in [0.29, 0.717) is 6.04 Å². The minimum atomic E-state index is 0.713. The van der Waals surface area contributed by atoms with Gasteiger partial charge in [0.05, 0.1) is 0 Å². The second kappa shape index (κ2) is 4.10. The van der Waals surface area contributed by atoms with Crippen molar-refractivity contribution < 1.29 is 0 Å². The van der Waals surface area contributed by atoms with Crippen LogP contribution >= 0.6 is 0 Å². The highest BCUT2D eigenvalue weighted by Gasteiger charge is 2.20. The zero-order valence-corrected chi connectivity index (χ0v) is 8.06. The summed E-state index contributed by atoms with van der Waals surface area (Å²) < 4.78 is 0. The fraction of sp³-hybridized carbons (Fsp3) is 1.00. The molecule has 1 heteroatoms. The van der Waals surface area contributed by atoms with Gasteiger partial charge in [-0.1, -0.05) is 26.7 Å². The monoisotopic (exact) mass is 155 g/mol. The van der Waals surface area contributed by atoms with Crippen molar-refractivity contribution in [2.24, 2.45) is 5.92 Å². The molecule has 2 unspecified atom stereocenters. The molecule has 1 aliphatic carbocycles. The lowest BCUT2D eigenvalue weighted by Crippen LogP contribution is -2.43. The van der Waals surface area contributed by atoms with Crippen LogP contribution in [0.5, 0.6) is 0 Å². The van der Waals surface area contributed by atoms with Gasteiger partial charge in [-0.05, 0) is 25.7 Å². The van der Waals surface area contributed by atoms with Gasteiger partial charge in [0.2, 0.25) is 0 Å². The summed E-state index contributed by atoms with van der Waals surface area (Å²) in [5.74, 6) is 0.829. The summed E-state index contributed by atoms with van der Waals surface area (Å²) in [5.41, 5.74) is 0. The predicted molar refractivity (Wildman–Crippen MR) is 49.7 cm³/mol. The normalized spacial score (nSPS) is 24.3. The van der Waals surface area contributed by atoms with E-state index in [9.17, 15) is 0 Å². The highest BCUT2D eigenvalue weighted by molar-refractivity contribution is 4.80. The van der Waals surface area contributed by atoms with Gasteiger partial charge >= 0.3 is 0 Å². The number of hydrogen-bond donors (Lipinski definition) is 1. The molecule has 2 atom stereocenters. The Morgan fingerprint density at radius 2 is 2.00 bits per heavy atom. The maximum atomic E-state index is 3.67. The molecule has 0 aromatic heterocycles. The van der Waals surface area contributed by atoms with Crippen molar-refractivity contribution in [1.29, 1.82) is 0 Å². The van der Waals surface area contributed by atoms with Crippen molar-refractivity contribution in [3.63, 3.8) is 0 Å². The molecule has 0 bridgehead atoms. The molecule has 0 aromatic rings. The molecule has 1 rings (SSSR count). The first-order valence-electron chi connectivity index (χ1n) is 5.00. The molecule has 0 amide bonds.